The van der Waals surface area contributed by atoms with Gasteiger partial charge in [0, 0.05) is 10.7 Å². The number of ether oxygens (including phenoxy) is 1. The molecule has 1 atom stereocenters. The minimum Gasteiger partial charge on any atom is -0.462 e. The normalized spacial score (nSPS) is 12.0. The summed E-state index contributed by atoms with van der Waals surface area (Å²) >= 11 is 7.21. The number of carbonyl (C=O) groups is 2. The summed E-state index contributed by atoms with van der Waals surface area (Å²) < 4.78 is 6.30. The van der Waals surface area contributed by atoms with Crippen molar-refractivity contribution in [1.29, 1.82) is 0 Å². The molecule has 0 spiro atoms. The highest BCUT2D eigenvalue weighted by atomic mass is 35.5. The summed E-state index contributed by atoms with van der Waals surface area (Å²) in [5, 5.41) is 3.65. The molecule has 0 bridgehead atoms. The third-order valence-electron chi connectivity index (χ3n) is 4.66. The number of fused-ring (bicyclic) bond motifs is 1. The summed E-state index contributed by atoms with van der Waals surface area (Å²) in [4.78, 5) is 42.9. The van der Waals surface area contributed by atoms with Crippen molar-refractivity contribution < 1.29 is 14.3 Å². The number of carbonyl (C=O) groups excluding carboxylic acids is 2. The van der Waals surface area contributed by atoms with Crippen LogP contribution >= 0.6 is 22.9 Å². The van der Waals surface area contributed by atoms with Crippen LogP contribution in [0, 0.1) is 13.8 Å². The number of amides is 1. The minimum atomic E-state index is -0.817. The number of halogens is 1. The van der Waals surface area contributed by atoms with Crippen molar-refractivity contribution in [2.75, 3.05) is 11.9 Å². The van der Waals surface area contributed by atoms with E-state index < -0.39 is 12.0 Å². The Bertz CT molecular complexity index is 1170. The molecular weight excluding hydrogens is 414 g/mol. The molecule has 0 saturated heterocycles. The third kappa shape index (κ3) is 3.90. The minimum absolute atomic E-state index is 0.240. The molecule has 9 heteroatoms. The van der Waals surface area contributed by atoms with Crippen molar-refractivity contribution in [3.05, 3.63) is 55.9 Å². The second-order valence-electron chi connectivity index (χ2n) is 6.49. The second-order valence-corrected chi connectivity index (χ2v) is 7.90. The zero-order valence-electron chi connectivity index (χ0n) is 16.4. The van der Waals surface area contributed by atoms with Gasteiger partial charge in [0.2, 0.25) is 5.91 Å². The molecule has 7 nitrogen and oxygen atoms in total. The number of rotatable bonds is 5. The number of anilines is 1. The van der Waals surface area contributed by atoms with Gasteiger partial charge in [-0.3, -0.25) is 14.2 Å². The van der Waals surface area contributed by atoms with Crippen LogP contribution in [0.15, 0.2) is 29.3 Å². The van der Waals surface area contributed by atoms with E-state index in [9.17, 15) is 14.4 Å². The van der Waals surface area contributed by atoms with Crippen molar-refractivity contribution in [3.8, 4) is 0 Å². The van der Waals surface area contributed by atoms with Gasteiger partial charge in [0.15, 0.2) is 0 Å². The van der Waals surface area contributed by atoms with Gasteiger partial charge in [0.25, 0.3) is 5.56 Å². The first-order valence-electron chi connectivity index (χ1n) is 8.99. The molecule has 0 aliphatic rings. The monoisotopic (exact) mass is 433 g/mol. The van der Waals surface area contributed by atoms with E-state index in [1.165, 1.54) is 10.9 Å². The van der Waals surface area contributed by atoms with Crippen LogP contribution in [0.4, 0.5) is 5.69 Å². The Balaban J connectivity index is 1.96. The summed E-state index contributed by atoms with van der Waals surface area (Å²) in [6.07, 6.45) is 1.32. The summed E-state index contributed by atoms with van der Waals surface area (Å²) in [7, 11) is 0. The fraction of sp³-hybridized carbons (Fsp3) is 0.300. The summed E-state index contributed by atoms with van der Waals surface area (Å²) in [6, 6.07) is 4.40. The Kier molecular flexibility index (Phi) is 6.04. The van der Waals surface area contributed by atoms with Gasteiger partial charge >= 0.3 is 5.97 Å². The summed E-state index contributed by atoms with van der Waals surface area (Å²) in [6.45, 7) is 7.04. The first-order chi connectivity index (χ1) is 13.8. The number of esters is 1. The number of aryl methyl sites for hydroxylation is 1. The van der Waals surface area contributed by atoms with Gasteiger partial charge in [0.05, 0.1) is 18.3 Å². The zero-order chi connectivity index (χ0) is 21.3. The maximum Gasteiger partial charge on any atom is 0.348 e. The van der Waals surface area contributed by atoms with Crippen molar-refractivity contribution in [2.24, 2.45) is 0 Å². The van der Waals surface area contributed by atoms with Crippen molar-refractivity contribution >= 4 is 50.7 Å². The Labute approximate surface area is 176 Å². The number of nitrogens with zero attached hydrogens (tertiary/aromatic N) is 2. The molecule has 0 fully saturated rings. The van der Waals surface area contributed by atoms with Gasteiger partial charge in [-0.15, -0.1) is 11.3 Å². The van der Waals surface area contributed by atoms with Crippen molar-refractivity contribution in [1.82, 2.24) is 9.55 Å². The van der Waals surface area contributed by atoms with E-state index in [2.05, 4.69) is 10.3 Å². The lowest BCUT2D eigenvalue weighted by atomic mass is 10.2. The molecule has 0 aliphatic carbocycles. The quantitative estimate of drug-likeness (QED) is 0.611. The molecule has 1 unspecified atom stereocenters. The van der Waals surface area contributed by atoms with E-state index in [1.54, 1.807) is 45.9 Å². The number of thiophene rings is 1. The second kappa shape index (κ2) is 8.34. The predicted octanol–water partition coefficient (Wildman–Crippen LogP) is 4.10. The van der Waals surface area contributed by atoms with Gasteiger partial charge in [-0.25, -0.2) is 9.78 Å². The molecule has 29 heavy (non-hydrogen) atoms. The molecule has 3 rings (SSSR count). The molecule has 2 heterocycles. The van der Waals surface area contributed by atoms with E-state index in [4.69, 9.17) is 16.3 Å². The van der Waals surface area contributed by atoms with Crippen LogP contribution < -0.4 is 10.9 Å². The van der Waals surface area contributed by atoms with E-state index in [0.717, 1.165) is 16.9 Å². The third-order valence-corrected chi connectivity index (χ3v) is 6.25. The molecule has 1 N–H and O–H groups in total. The fourth-order valence-electron chi connectivity index (χ4n) is 2.91. The Hall–Kier alpha value is -2.71. The van der Waals surface area contributed by atoms with Crippen LogP contribution in [0.5, 0.6) is 0 Å². The first kappa shape index (κ1) is 21.0. The number of hydrogen-bond donors (Lipinski definition) is 1. The van der Waals surface area contributed by atoms with E-state index in [1.807, 2.05) is 0 Å². The molecule has 2 aromatic heterocycles. The molecule has 1 aromatic carbocycles. The van der Waals surface area contributed by atoms with Gasteiger partial charge in [-0.2, -0.15) is 0 Å². The molecule has 0 aliphatic heterocycles. The Morgan fingerprint density at radius 3 is 2.72 bits per heavy atom. The van der Waals surface area contributed by atoms with Crippen LogP contribution in [0.1, 0.15) is 40.7 Å². The Morgan fingerprint density at radius 1 is 1.31 bits per heavy atom. The van der Waals surface area contributed by atoms with Crippen molar-refractivity contribution in [3.63, 3.8) is 0 Å². The average molecular weight is 434 g/mol. The molecule has 0 saturated carbocycles. The van der Waals surface area contributed by atoms with Crippen LogP contribution in [0.3, 0.4) is 0 Å². The smallest absolute Gasteiger partial charge is 0.348 e. The number of hydrogen-bond acceptors (Lipinski definition) is 6. The van der Waals surface area contributed by atoms with Gasteiger partial charge < -0.3 is 10.1 Å². The Morgan fingerprint density at radius 2 is 2.03 bits per heavy atom. The number of aromatic nitrogens is 2. The number of nitrogens with one attached hydrogen (secondary N) is 1. The summed E-state index contributed by atoms with van der Waals surface area (Å²) in [5.41, 5.74) is 1.44. The predicted molar refractivity (Wildman–Crippen MR) is 114 cm³/mol. The highest BCUT2D eigenvalue weighted by Gasteiger charge is 2.23. The zero-order valence-corrected chi connectivity index (χ0v) is 18.0. The van der Waals surface area contributed by atoms with Gasteiger partial charge in [0.1, 0.15) is 15.7 Å². The maximum atomic E-state index is 13.0. The van der Waals surface area contributed by atoms with Crippen LogP contribution in [0.2, 0.25) is 5.02 Å². The van der Waals surface area contributed by atoms with Crippen molar-refractivity contribution in [2.45, 2.75) is 33.7 Å². The van der Waals surface area contributed by atoms with E-state index in [-0.39, 0.29) is 18.1 Å². The lowest BCUT2D eigenvalue weighted by Crippen LogP contribution is -2.32. The van der Waals surface area contributed by atoms with Crippen LogP contribution in [0.25, 0.3) is 10.2 Å². The average Bonchev–Trinajstić information content (AvgIpc) is 3.03. The van der Waals surface area contributed by atoms with Crippen LogP contribution in [-0.4, -0.2) is 28.0 Å². The van der Waals surface area contributed by atoms with Crippen LogP contribution in [-0.2, 0) is 9.53 Å². The standard InChI is InChI=1S/C20H20ClN3O4S/c1-5-28-20(27)16-11(3)15-18(29-16)22-9-24(19(15)26)12(4)17(25)23-14-8-6-7-13(21)10(14)2/h6-9,12H,5H2,1-4H3,(H,23,25). The van der Waals surface area contributed by atoms with E-state index >= 15 is 0 Å². The lowest BCUT2D eigenvalue weighted by molar-refractivity contribution is -0.118. The molecule has 3 aromatic rings. The largest absolute Gasteiger partial charge is 0.462 e. The lowest BCUT2D eigenvalue weighted by Gasteiger charge is -2.16. The SMILES string of the molecule is CCOC(=O)c1sc2ncn(C(C)C(=O)Nc3cccc(Cl)c3C)c(=O)c2c1C. The fourth-order valence-corrected chi connectivity index (χ4v) is 4.12. The van der Waals surface area contributed by atoms with E-state index in [0.29, 0.717) is 31.4 Å². The molecule has 1 amide bonds. The summed E-state index contributed by atoms with van der Waals surface area (Å²) in [5.74, 6) is -0.863. The molecule has 0 radical (unpaired) electrons. The topological polar surface area (TPSA) is 90.3 Å². The highest BCUT2D eigenvalue weighted by molar-refractivity contribution is 7.20. The number of benzene rings is 1. The first-order valence-corrected chi connectivity index (χ1v) is 10.2. The highest BCUT2D eigenvalue weighted by Crippen LogP contribution is 2.28. The van der Waals surface area contributed by atoms with Gasteiger partial charge in [-0.1, -0.05) is 17.7 Å². The molecular formula is C20H20ClN3O4S. The maximum absolute atomic E-state index is 13.0. The molecule has 152 valence electrons. The van der Waals surface area contributed by atoms with Gasteiger partial charge in [-0.05, 0) is 51.0 Å².